The summed E-state index contributed by atoms with van der Waals surface area (Å²) < 4.78 is 15.5. The van der Waals surface area contributed by atoms with E-state index in [2.05, 4.69) is 15.0 Å². The summed E-state index contributed by atoms with van der Waals surface area (Å²) in [6.07, 6.45) is 1.43. The Morgan fingerprint density at radius 3 is 2.71 bits per heavy atom. The van der Waals surface area contributed by atoms with E-state index in [0.717, 1.165) is 5.56 Å². The molecule has 31 heavy (non-hydrogen) atoms. The van der Waals surface area contributed by atoms with Crippen molar-refractivity contribution < 1.29 is 23.5 Å². The molecule has 0 unspecified atom stereocenters. The molecule has 0 radical (unpaired) electrons. The minimum atomic E-state index is -0.517. The van der Waals surface area contributed by atoms with Gasteiger partial charge in [-0.1, -0.05) is 23.7 Å². The van der Waals surface area contributed by atoms with Gasteiger partial charge in [0, 0.05) is 27.7 Å². The number of benzene rings is 2. The van der Waals surface area contributed by atoms with Crippen molar-refractivity contribution in [1.82, 2.24) is 4.98 Å². The first-order valence-electron chi connectivity index (χ1n) is 9.29. The fourth-order valence-corrected chi connectivity index (χ4v) is 3.17. The lowest BCUT2D eigenvalue weighted by molar-refractivity contribution is -0.142. The molecule has 1 amide bonds. The summed E-state index contributed by atoms with van der Waals surface area (Å²) in [5.41, 5.74) is 2.57. The highest BCUT2D eigenvalue weighted by Gasteiger charge is 2.14. The van der Waals surface area contributed by atoms with Crippen LogP contribution in [-0.4, -0.2) is 30.6 Å². The highest BCUT2D eigenvalue weighted by molar-refractivity contribution is 6.30. The number of methoxy groups -OCH3 is 1. The topological polar surface area (TPSA) is 90.7 Å². The lowest BCUT2D eigenvalue weighted by atomic mass is 10.1. The Hall–Kier alpha value is -3.84. The summed E-state index contributed by atoms with van der Waals surface area (Å²) in [6.45, 7) is -0.270. The normalized spacial score (nSPS) is 10.6. The van der Waals surface area contributed by atoms with E-state index in [1.54, 1.807) is 48.5 Å². The fourth-order valence-electron chi connectivity index (χ4n) is 2.98. The van der Waals surface area contributed by atoms with Gasteiger partial charge in [0.25, 0.3) is 5.91 Å². The molecule has 2 aromatic heterocycles. The summed E-state index contributed by atoms with van der Waals surface area (Å²) in [5.74, 6) is -0.294. The highest BCUT2D eigenvalue weighted by Crippen LogP contribution is 2.33. The summed E-state index contributed by atoms with van der Waals surface area (Å²) in [5, 5.41) is 3.96. The van der Waals surface area contributed by atoms with Gasteiger partial charge in [-0.25, -0.2) is 9.78 Å². The Morgan fingerprint density at radius 1 is 1.10 bits per heavy atom. The van der Waals surface area contributed by atoms with Crippen LogP contribution < -0.4 is 10.1 Å². The lowest BCUT2D eigenvalue weighted by Crippen LogP contribution is -2.13. The van der Waals surface area contributed by atoms with Crippen LogP contribution in [0.2, 0.25) is 5.02 Å². The van der Waals surface area contributed by atoms with Crippen LogP contribution in [0.5, 0.6) is 5.75 Å². The SMILES string of the molecule is COC(=O)COc1cc(-c2cccc(Cl)c2)nc2ccc(NC(=O)c3ccco3)cc12. The number of pyridine rings is 1. The first-order valence-corrected chi connectivity index (χ1v) is 9.66. The van der Waals surface area contributed by atoms with Crippen molar-refractivity contribution in [2.45, 2.75) is 0 Å². The minimum absolute atomic E-state index is 0.191. The maximum Gasteiger partial charge on any atom is 0.343 e. The molecule has 0 bridgehead atoms. The summed E-state index contributed by atoms with van der Waals surface area (Å²) in [7, 11) is 1.29. The Labute approximate surface area is 182 Å². The molecule has 0 spiro atoms. The maximum atomic E-state index is 12.3. The van der Waals surface area contributed by atoms with E-state index in [1.807, 2.05) is 12.1 Å². The summed E-state index contributed by atoms with van der Waals surface area (Å²) >= 11 is 6.12. The van der Waals surface area contributed by atoms with Gasteiger partial charge >= 0.3 is 5.97 Å². The third kappa shape index (κ3) is 4.67. The van der Waals surface area contributed by atoms with Gasteiger partial charge in [0.2, 0.25) is 0 Å². The molecule has 4 aromatic rings. The first kappa shape index (κ1) is 20.4. The largest absolute Gasteiger partial charge is 0.481 e. The Bertz CT molecular complexity index is 1250. The van der Waals surface area contributed by atoms with E-state index in [0.29, 0.717) is 33.1 Å². The number of hydrogen-bond acceptors (Lipinski definition) is 6. The van der Waals surface area contributed by atoms with Gasteiger partial charge in [0.1, 0.15) is 5.75 Å². The van der Waals surface area contributed by atoms with Gasteiger partial charge in [0.15, 0.2) is 12.4 Å². The molecule has 0 saturated carbocycles. The number of amides is 1. The highest BCUT2D eigenvalue weighted by atomic mass is 35.5. The predicted molar refractivity (Wildman–Crippen MR) is 116 cm³/mol. The Morgan fingerprint density at radius 2 is 1.97 bits per heavy atom. The zero-order valence-electron chi connectivity index (χ0n) is 16.4. The second-order valence-electron chi connectivity index (χ2n) is 6.54. The molecule has 7 nitrogen and oxygen atoms in total. The summed E-state index contributed by atoms with van der Waals surface area (Å²) in [4.78, 5) is 28.6. The summed E-state index contributed by atoms with van der Waals surface area (Å²) in [6, 6.07) is 17.4. The number of carbonyl (C=O) groups excluding carboxylic acids is 2. The smallest absolute Gasteiger partial charge is 0.343 e. The molecule has 0 aliphatic rings. The number of nitrogens with zero attached hydrogens (tertiary/aromatic N) is 1. The van der Waals surface area contributed by atoms with Crippen LogP contribution >= 0.6 is 11.6 Å². The zero-order chi connectivity index (χ0) is 21.8. The molecule has 0 saturated heterocycles. The van der Waals surface area contributed by atoms with Crippen LogP contribution in [0.3, 0.4) is 0 Å². The van der Waals surface area contributed by atoms with Crippen LogP contribution in [0.1, 0.15) is 10.6 Å². The van der Waals surface area contributed by atoms with Crippen LogP contribution in [-0.2, 0) is 9.53 Å². The van der Waals surface area contributed by atoms with Gasteiger partial charge in [-0.15, -0.1) is 0 Å². The molecule has 1 N–H and O–H groups in total. The van der Waals surface area contributed by atoms with Gasteiger partial charge < -0.3 is 19.2 Å². The lowest BCUT2D eigenvalue weighted by Gasteiger charge is -2.13. The van der Waals surface area contributed by atoms with Crippen molar-refractivity contribution in [3.8, 4) is 17.0 Å². The Kier molecular flexibility index (Phi) is 5.86. The molecule has 2 heterocycles. The number of nitrogens with one attached hydrogen (secondary N) is 1. The van der Waals surface area contributed by atoms with Crippen molar-refractivity contribution in [1.29, 1.82) is 0 Å². The molecule has 0 aliphatic carbocycles. The van der Waals surface area contributed by atoms with Gasteiger partial charge in [0.05, 0.1) is 24.6 Å². The average Bonchev–Trinajstić information content (AvgIpc) is 3.32. The van der Waals surface area contributed by atoms with Gasteiger partial charge in [-0.2, -0.15) is 0 Å². The number of fused-ring (bicyclic) bond motifs is 1. The number of aromatic nitrogens is 1. The Balaban J connectivity index is 1.74. The molecular formula is C23H17ClN2O5. The van der Waals surface area contributed by atoms with Crippen molar-refractivity contribution in [2.24, 2.45) is 0 Å². The van der Waals surface area contributed by atoms with E-state index >= 15 is 0 Å². The standard InChI is InChI=1S/C23H17ClN2O5/c1-29-22(27)13-31-21-12-19(14-4-2-5-15(24)10-14)26-18-8-7-16(11-17(18)21)25-23(28)20-6-3-9-30-20/h2-12H,13H2,1H3,(H,25,28). The number of hydrogen-bond donors (Lipinski definition) is 1. The molecule has 8 heteroatoms. The fraction of sp³-hybridized carbons (Fsp3) is 0.0870. The van der Waals surface area contributed by atoms with Crippen molar-refractivity contribution in [3.63, 3.8) is 0 Å². The van der Waals surface area contributed by atoms with E-state index in [4.69, 9.17) is 20.8 Å². The number of halogens is 1. The van der Waals surface area contributed by atoms with Crippen LogP contribution in [0.15, 0.2) is 71.3 Å². The quantitative estimate of drug-likeness (QED) is 0.430. The van der Waals surface area contributed by atoms with E-state index in [-0.39, 0.29) is 18.3 Å². The molecule has 2 aromatic carbocycles. The second-order valence-corrected chi connectivity index (χ2v) is 6.98. The minimum Gasteiger partial charge on any atom is -0.481 e. The van der Waals surface area contributed by atoms with E-state index in [9.17, 15) is 9.59 Å². The van der Waals surface area contributed by atoms with Crippen LogP contribution in [0.25, 0.3) is 22.2 Å². The number of rotatable bonds is 6. The third-order valence-electron chi connectivity index (χ3n) is 4.47. The first-order chi connectivity index (χ1) is 15.0. The second kappa shape index (κ2) is 8.89. The van der Waals surface area contributed by atoms with Crippen LogP contribution in [0, 0.1) is 0 Å². The number of furan rings is 1. The number of ether oxygens (including phenoxy) is 2. The van der Waals surface area contributed by atoms with Crippen molar-refractivity contribution in [3.05, 3.63) is 77.7 Å². The molecule has 0 aliphatic heterocycles. The molecule has 156 valence electrons. The molecule has 0 atom stereocenters. The monoisotopic (exact) mass is 436 g/mol. The third-order valence-corrected chi connectivity index (χ3v) is 4.70. The molecule has 0 fully saturated rings. The molecule has 4 rings (SSSR count). The van der Waals surface area contributed by atoms with Gasteiger partial charge in [-0.3, -0.25) is 4.79 Å². The number of anilines is 1. The maximum absolute atomic E-state index is 12.3. The van der Waals surface area contributed by atoms with Crippen molar-refractivity contribution in [2.75, 3.05) is 19.0 Å². The number of carbonyl (C=O) groups is 2. The van der Waals surface area contributed by atoms with Crippen molar-refractivity contribution >= 4 is 40.1 Å². The van der Waals surface area contributed by atoms with E-state index < -0.39 is 5.97 Å². The van der Waals surface area contributed by atoms with E-state index in [1.165, 1.54) is 13.4 Å². The van der Waals surface area contributed by atoms with Crippen LogP contribution in [0.4, 0.5) is 5.69 Å². The molecular weight excluding hydrogens is 420 g/mol. The average molecular weight is 437 g/mol. The number of esters is 1. The van der Waals surface area contributed by atoms with Gasteiger partial charge in [-0.05, 0) is 42.5 Å². The zero-order valence-corrected chi connectivity index (χ0v) is 17.2. The predicted octanol–water partition coefficient (Wildman–Crippen LogP) is 4.95.